The molecule has 0 radical (unpaired) electrons. The van der Waals surface area contributed by atoms with Gasteiger partial charge < -0.3 is 10.4 Å². The van der Waals surface area contributed by atoms with Crippen LogP contribution < -0.4 is 5.32 Å². The van der Waals surface area contributed by atoms with Crippen LogP contribution in [0.5, 0.6) is 0 Å². The van der Waals surface area contributed by atoms with Crippen LogP contribution >= 0.6 is 34.2 Å². The van der Waals surface area contributed by atoms with Crippen LogP contribution in [0.25, 0.3) is 0 Å². The summed E-state index contributed by atoms with van der Waals surface area (Å²) in [6, 6.07) is 5.14. The Bertz CT molecular complexity index is 559. The maximum Gasteiger partial charge on any atom is 0.307 e. The highest BCUT2D eigenvalue weighted by atomic mass is 127. The first kappa shape index (κ1) is 14.6. The summed E-state index contributed by atoms with van der Waals surface area (Å²) in [4.78, 5) is 23.2. The van der Waals surface area contributed by atoms with E-state index in [1.54, 1.807) is 32.0 Å². The number of rotatable bonds is 3. The SMILES string of the molecule is CC1(C)C(C(=O)O)C1C(=O)Nc1ccc(Cl)cc1I. The van der Waals surface area contributed by atoms with E-state index in [1.807, 2.05) is 0 Å². The highest BCUT2D eigenvalue weighted by Crippen LogP contribution is 2.58. The number of hydrogen-bond acceptors (Lipinski definition) is 2. The minimum absolute atomic E-state index is 0.252. The Kier molecular flexibility index (Phi) is 3.79. The molecule has 1 aromatic rings. The van der Waals surface area contributed by atoms with Crippen molar-refractivity contribution in [1.82, 2.24) is 0 Å². The van der Waals surface area contributed by atoms with Crippen LogP contribution in [0.2, 0.25) is 5.02 Å². The molecule has 0 saturated heterocycles. The number of carbonyl (C=O) groups is 2. The average molecular weight is 394 g/mol. The van der Waals surface area contributed by atoms with E-state index in [0.717, 1.165) is 3.57 Å². The second-order valence-corrected chi connectivity index (χ2v) is 6.83. The molecule has 2 rings (SSSR count). The van der Waals surface area contributed by atoms with Crippen molar-refractivity contribution >= 4 is 51.8 Å². The van der Waals surface area contributed by atoms with Crippen molar-refractivity contribution in [1.29, 1.82) is 0 Å². The third-order valence-electron chi connectivity index (χ3n) is 3.56. The van der Waals surface area contributed by atoms with Gasteiger partial charge in [-0.05, 0) is 46.2 Å². The van der Waals surface area contributed by atoms with Crippen molar-refractivity contribution in [2.45, 2.75) is 13.8 Å². The van der Waals surface area contributed by atoms with Crippen LogP contribution in [0, 0.1) is 20.8 Å². The quantitative estimate of drug-likeness (QED) is 0.775. The lowest BCUT2D eigenvalue weighted by Gasteiger charge is -2.08. The number of benzene rings is 1. The molecule has 0 bridgehead atoms. The van der Waals surface area contributed by atoms with E-state index in [0.29, 0.717) is 10.7 Å². The van der Waals surface area contributed by atoms with Gasteiger partial charge in [0.15, 0.2) is 0 Å². The monoisotopic (exact) mass is 393 g/mol. The number of halogens is 2. The molecule has 1 saturated carbocycles. The highest BCUT2D eigenvalue weighted by Gasteiger charge is 2.65. The normalized spacial score (nSPS) is 23.8. The van der Waals surface area contributed by atoms with Gasteiger partial charge in [0, 0.05) is 8.59 Å². The number of carboxylic acids is 1. The van der Waals surface area contributed by atoms with Gasteiger partial charge in [-0.2, -0.15) is 0 Å². The fourth-order valence-electron chi connectivity index (χ4n) is 2.39. The Hall–Kier alpha value is -0.820. The van der Waals surface area contributed by atoms with Gasteiger partial charge in [-0.1, -0.05) is 25.4 Å². The molecule has 6 heteroatoms. The molecule has 0 aromatic heterocycles. The van der Waals surface area contributed by atoms with Gasteiger partial charge in [0.25, 0.3) is 0 Å². The van der Waals surface area contributed by atoms with E-state index < -0.39 is 23.2 Å². The Labute approximate surface area is 129 Å². The minimum atomic E-state index is -0.920. The molecule has 2 unspecified atom stereocenters. The molecular weight excluding hydrogens is 381 g/mol. The summed E-state index contributed by atoms with van der Waals surface area (Å²) in [5, 5.41) is 12.4. The van der Waals surface area contributed by atoms with Crippen LogP contribution in [-0.2, 0) is 9.59 Å². The van der Waals surface area contributed by atoms with Crippen molar-refractivity contribution in [2.24, 2.45) is 17.3 Å². The van der Waals surface area contributed by atoms with E-state index in [2.05, 4.69) is 27.9 Å². The first-order valence-corrected chi connectivity index (χ1v) is 7.19. The highest BCUT2D eigenvalue weighted by molar-refractivity contribution is 14.1. The molecule has 102 valence electrons. The minimum Gasteiger partial charge on any atom is -0.481 e. The summed E-state index contributed by atoms with van der Waals surface area (Å²) in [7, 11) is 0. The lowest BCUT2D eigenvalue weighted by Crippen LogP contribution is -2.18. The Morgan fingerprint density at radius 1 is 1.37 bits per heavy atom. The zero-order chi connectivity index (χ0) is 14.4. The van der Waals surface area contributed by atoms with Crippen molar-refractivity contribution in [3.63, 3.8) is 0 Å². The van der Waals surface area contributed by atoms with E-state index in [4.69, 9.17) is 16.7 Å². The van der Waals surface area contributed by atoms with Gasteiger partial charge in [-0.25, -0.2) is 0 Å². The maximum absolute atomic E-state index is 12.1. The molecule has 1 aliphatic carbocycles. The molecule has 4 nitrogen and oxygen atoms in total. The number of anilines is 1. The van der Waals surface area contributed by atoms with Gasteiger partial charge in [0.05, 0.1) is 17.5 Å². The second-order valence-electron chi connectivity index (χ2n) is 5.23. The molecule has 0 aliphatic heterocycles. The summed E-state index contributed by atoms with van der Waals surface area (Å²) in [5.41, 5.74) is 0.162. The number of carbonyl (C=O) groups excluding carboxylic acids is 1. The lowest BCUT2D eigenvalue weighted by molar-refractivity contribution is -0.140. The number of nitrogens with one attached hydrogen (secondary N) is 1. The van der Waals surface area contributed by atoms with Gasteiger partial charge in [0.1, 0.15) is 0 Å². The first-order valence-electron chi connectivity index (χ1n) is 5.74. The van der Waals surface area contributed by atoms with Crippen LogP contribution in [0.3, 0.4) is 0 Å². The van der Waals surface area contributed by atoms with E-state index >= 15 is 0 Å². The van der Waals surface area contributed by atoms with Crippen molar-refractivity contribution in [3.05, 3.63) is 26.8 Å². The number of hydrogen-bond donors (Lipinski definition) is 2. The van der Waals surface area contributed by atoms with Gasteiger partial charge >= 0.3 is 5.97 Å². The molecule has 2 N–H and O–H groups in total. The Morgan fingerprint density at radius 3 is 2.47 bits per heavy atom. The standard InChI is InChI=1S/C13H13ClINO3/c1-13(2)9(10(13)12(18)19)11(17)16-8-4-3-6(14)5-7(8)15/h3-5,9-10H,1-2H3,(H,16,17)(H,18,19). The molecule has 19 heavy (non-hydrogen) atoms. The van der Waals surface area contributed by atoms with Crippen LogP contribution in [0.15, 0.2) is 18.2 Å². The molecular formula is C13H13ClINO3. The van der Waals surface area contributed by atoms with Gasteiger partial charge in [0.2, 0.25) is 5.91 Å². The Morgan fingerprint density at radius 2 is 2.00 bits per heavy atom. The third-order valence-corrected chi connectivity index (χ3v) is 4.69. The van der Waals surface area contributed by atoms with E-state index in [-0.39, 0.29) is 5.91 Å². The third kappa shape index (κ3) is 2.72. The second kappa shape index (κ2) is 4.94. The lowest BCUT2D eigenvalue weighted by atomic mass is 10.1. The molecule has 1 fully saturated rings. The van der Waals surface area contributed by atoms with Crippen LogP contribution in [0.4, 0.5) is 5.69 Å². The Balaban J connectivity index is 2.13. The summed E-state index contributed by atoms with van der Waals surface area (Å²) in [5.74, 6) is -2.28. The van der Waals surface area contributed by atoms with Gasteiger partial charge in [-0.15, -0.1) is 0 Å². The smallest absolute Gasteiger partial charge is 0.307 e. The zero-order valence-corrected chi connectivity index (χ0v) is 13.3. The fourth-order valence-corrected chi connectivity index (χ4v) is 3.40. The molecule has 1 aromatic carbocycles. The number of aliphatic carboxylic acids is 1. The van der Waals surface area contributed by atoms with Crippen molar-refractivity contribution in [2.75, 3.05) is 5.32 Å². The zero-order valence-electron chi connectivity index (χ0n) is 10.4. The summed E-state index contributed by atoms with van der Waals surface area (Å²) in [6.07, 6.45) is 0. The predicted molar refractivity (Wildman–Crippen MR) is 81.2 cm³/mol. The van der Waals surface area contributed by atoms with Gasteiger partial charge in [-0.3, -0.25) is 9.59 Å². The van der Waals surface area contributed by atoms with E-state index in [1.165, 1.54) is 0 Å². The largest absolute Gasteiger partial charge is 0.481 e. The molecule has 2 atom stereocenters. The van der Waals surface area contributed by atoms with Crippen LogP contribution in [0.1, 0.15) is 13.8 Å². The fraction of sp³-hybridized carbons (Fsp3) is 0.385. The van der Waals surface area contributed by atoms with Crippen molar-refractivity contribution in [3.8, 4) is 0 Å². The maximum atomic E-state index is 12.1. The number of carboxylic acid groups (broad SMARTS) is 1. The summed E-state index contributed by atoms with van der Waals surface area (Å²) in [6.45, 7) is 3.59. The predicted octanol–water partition coefficient (Wildman–Crippen LogP) is 3.24. The topological polar surface area (TPSA) is 66.4 Å². The molecule has 0 spiro atoms. The molecule has 1 amide bonds. The molecule has 1 aliphatic rings. The summed E-state index contributed by atoms with van der Waals surface area (Å²) >= 11 is 7.92. The molecule has 0 heterocycles. The average Bonchev–Trinajstić information content (AvgIpc) is 2.86. The van der Waals surface area contributed by atoms with Crippen LogP contribution in [-0.4, -0.2) is 17.0 Å². The number of amides is 1. The summed E-state index contributed by atoms with van der Waals surface area (Å²) < 4.78 is 0.823. The van der Waals surface area contributed by atoms with E-state index in [9.17, 15) is 9.59 Å². The van der Waals surface area contributed by atoms with Crippen molar-refractivity contribution < 1.29 is 14.7 Å². The first-order chi connectivity index (χ1) is 8.75.